The van der Waals surface area contributed by atoms with Gasteiger partial charge in [-0.15, -0.1) is 0 Å². The van der Waals surface area contributed by atoms with E-state index in [-0.39, 0.29) is 0 Å². The zero-order valence-electron chi connectivity index (χ0n) is 7.86. The summed E-state index contributed by atoms with van der Waals surface area (Å²) in [7, 11) is 0. The highest BCUT2D eigenvalue weighted by Gasteiger charge is 2.84. The Morgan fingerprint density at radius 2 is 1.18 bits per heavy atom. The SMILES string of the molecule is O=C([O-])[C@H]1O[C@@H](C(=O)[O-])[C@@H]2[C@@H]1C(F)(F)C2(F)F. The molecular weight excluding hydrogens is 252 g/mol. The van der Waals surface area contributed by atoms with Crippen molar-refractivity contribution in [3.8, 4) is 0 Å². The van der Waals surface area contributed by atoms with Crippen LogP contribution < -0.4 is 10.2 Å². The summed E-state index contributed by atoms with van der Waals surface area (Å²) in [6.45, 7) is 0. The largest absolute Gasteiger partial charge is 0.547 e. The Kier molecular flexibility index (Phi) is 2.20. The molecule has 9 heteroatoms. The van der Waals surface area contributed by atoms with Gasteiger partial charge in [-0.1, -0.05) is 0 Å². The van der Waals surface area contributed by atoms with Gasteiger partial charge in [0.1, 0.15) is 12.2 Å². The lowest BCUT2D eigenvalue weighted by atomic mass is 9.63. The van der Waals surface area contributed by atoms with Crippen LogP contribution in [0.1, 0.15) is 0 Å². The third-order valence-electron chi connectivity index (χ3n) is 3.08. The molecule has 0 aromatic heterocycles. The minimum Gasteiger partial charge on any atom is -0.547 e. The van der Waals surface area contributed by atoms with Gasteiger partial charge in [-0.05, 0) is 0 Å². The van der Waals surface area contributed by atoms with Gasteiger partial charge >= 0.3 is 11.8 Å². The van der Waals surface area contributed by atoms with E-state index < -0.39 is 47.8 Å². The molecule has 1 aliphatic heterocycles. The normalized spacial score (nSPS) is 41.4. The van der Waals surface area contributed by atoms with E-state index in [9.17, 15) is 37.4 Å². The zero-order chi connectivity index (χ0) is 13.2. The summed E-state index contributed by atoms with van der Waals surface area (Å²) in [5.74, 6) is -18.4. The third-order valence-corrected chi connectivity index (χ3v) is 3.08. The predicted molar refractivity (Wildman–Crippen MR) is 35.5 cm³/mol. The number of carboxylic acids is 2. The Labute approximate surface area is 91.0 Å². The maximum absolute atomic E-state index is 13.0. The number of carbonyl (C=O) groups is 2. The molecule has 0 N–H and O–H groups in total. The van der Waals surface area contributed by atoms with E-state index in [0.29, 0.717) is 0 Å². The molecule has 2 rings (SSSR count). The molecular formula is C8H4F4O5-2. The first kappa shape index (κ1) is 12.1. The predicted octanol–water partition coefficient (Wildman–Crippen LogP) is -2.23. The fourth-order valence-corrected chi connectivity index (χ4v) is 2.29. The van der Waals surface area contributed by atoms with Crippen molar-refractivity contribution in [2.75, 3.05) is 0 Å². The molecule has 96 valence electrons. The Hall–Kier alpha value is -1.38. The lowest BCUT2D eigenvalue weighted by molar-refractivity contribution is -0.362. The van der Waals surface area contributed by atoms with Crippen LogP contribution in [-0.2, 0) is 14.3 Å². The first-order chi connectivity index (χ1) is 7.62. The number of ether oxygens (including phenoxy) is 1. The summed E-state index contributed by atoms with van der Waals surface area (Å²) in [4.78, 5) is 20.9. The van der Waals surface area contributed by atoms with E-state index in [2.05, 4.69) is 4.74 Å². The highest BCUT2D eigenvalue weighted by Crippen LogP contribution is 2.65. The fraction of sp³-hybridized carbons (Fsp3) is 0.750. The average molecular weight is 256 g/mol. The molecule has 1 saturated carbocycles. The van der Waals surface area contributed by atoms with Crippen LogP contribution in [0.4, 0.5) is 17.6 Å². The van der Waals surface area contributed by atoms with Crippen LogP contribution in [0.25, 0.3) is 0 Å². The van der Waals surface area contributed by atoms with E-state index in [0.717, 1.165) is 0 Å². The van der Waals surface area contributed by atoms with Crippen LogP contribution >= 0.6 is 0 Å². The molecule has 2 aliphatic rings. The Balaban J connectivity index is 2.39. The Bertz CT molecular complexity index is 359. The van der Waals surface area contributed by atoms with Crippen molar-refractivity contribution in [1.29, 1.82) is 0 Å². The Morgan fingerprint density at radius 1 is 0.882 bits per heavy atom. The number of hydrogen-bond acceptors (Lipinski definition) is 5. The fourth-order valence-electron chi connectivity index (χ4n) is 2.29. The lowest BCUT2D eigenvalue weighted by Gasteiger charge is -2.49. The highest BCUT2D eigenvalue weighted by molar-refractivity contribution is 5.77. The molecule has 1 aliphatic carbocycles. The smallest absolute Gasteiger partial charge is 0.316 e. The van der Waals surface area contributed by atoms with Crippen molar-refractivity contribution >= 4 is 11.9 Å². The van der Waals surface area contributed by atoms with Crippen LogP contribution in [0.5, 0.6) is 0 Å². The molecule has 5 nitrogen and oxygen atoms in total. The molecule has 1 saturated heterocycles. The molecule has 0 aromatic rings. The van der Waals surface area contributed by atoms with Gasteiger partial charge in [0.25, 0.3) is 0 Å². The molecule has 17 heavy (non-hydrogen) atoms. The summed E-state index contributed by atoms with van der Waals surface area (Å²) in [5.41, 5.74) is 0. The van der Waals surface area contributed by atoms with E-state index in [4.69, 9.17) is 0 Å². The first-order valence-corrected chi connectivity index (χ1v) is 4.45. The van der Waals surface area contributed by atoms with Gasteiger partial charge in [0.15, 0.2) is 0 Å². The zero-order valence-corrected chi connectivity index (χ0v) is 7.86. The van der Waals surface area contributed by atoms with Crippen molar-refractivity contribution in [1.82, 2.24) is 0 Å². The second-order valence-electron chi connectivity index (χ2n) is 3.91. The van der Waals surface area contributed by atoms with Gasteiger partial charge in [0, 0.05) is 0 Å². The number of halogens is 4. The van der Waals surface area contributed by atoms with Crippen LogP contribution in [0.3, 0.4) is 0 Å². The number of aliphatic carboxylic acids is 2. The molecule has 4 atom stereocenters. The summed E-state index contributed by atoms with van der Waals surface area (Å²) < 4.78 is 56.1. The number of hydrogen-bond donors (Lipinski definition) is 0. The van der Waals surface area contributed by atoms with E-state index >= 15 is 0 Å². The number of fused-ring (bicyclic) bond motifs is 1. The second-order valence-corrected chi connectivity index (χ2v) is 3.91. The minimum absolute atomic E-state index is 2.15. The van der Waals surface area contributed by atoms with Crippen LogP contribution in [0.15, 0.2) is 0 Å². The van der Waals surface area contributed by atoms with Crippen molar-refractivity contribution in [3.63, 3.8) is 0 Å². The quantitative estimate of drug-likeness (QED) is 0.521. The number of carboxylic acid groups (broad SMARTS) is 2. The Morgan fingerprint density at radius 3 is 1.41 bits per heavy atom. The molecule has 0 unspecified atom stereocenters. The van der Waals surface area contributed by atoms with Gasteiger partial charge in [-0.2, -0.15) is 17.6 Å². The van der Waals surface area contributed by atoms with Gasteiger partial charge in [-0.3, -0.25) is 0 Å². The number of alkyl halides is 4. The van der Waals surface area contributed by atoms with Crippen LogP contribution in [-0.4, -0.2) is 36.0 Å². The summed E-state index contributed by atoms with van der Waals surface area (Å²) in [6, 6.07) is 0. The molecule has 2 fully saturated rings. The van der Waals surface area contributed by atoms with Crippen molar-refractivity contribution in [2.45, 2.75) is 24.1 Å². The summed E-state index contributed by atoms with van der Waals surface area (Å²) in [6.07, 6.45) is -4.75. The van der Waals surface area contributed by atoms with Crippen molar-refractivity contribution in [2.24, 2.45) is 11.8 Å². The first-order valence-electron chi connectivity index (χ1n) is 4.45. The topological polar surface area (TPSA) is 89.5 Å². The highest BCUT2D eigenvalue weighted by atomic mass is 19.3. The van der Waals surface area contributed by atoms with Gasteiger partial charge in [0.05, 0.1) is 23.8 Å². The minimum atomic E-state index is -4.63. The van der Waals surface area contributed by atoms with Crippen LogP contribution in [0.2, 0.25) is 0 Å². The number of rotatable bonds is 2. The average Bonchev–Trinajstić information content (AvgIpc) is 2.56. The molecule has 0 aromatic carbocycles. The second kappa shape index (κ2) is 3.09. The maximum atomic E-state index is 13.0. The van der Waals surface area contributed by atoms with E-state index in [1.54, 1.807) is 0 Å². The summed E-state index contributed by atoms with van der Waals surface area (Å²) in [5, 5.41) is 20.9. The van der Waals surface area contributed by atoms with Gasteiger partial charge in [-0.25, -0.2) is 0 Å². The molecule has 0 spiro atoms. The lowest BCUT2D eigenvalue weighted by Crippen LogP contribution is -2.70. The molecule has 0 bridgehead atoms. The van der Waals surface area contributed by atoms with Gasteiger partial charge in [0.2, 0.25) is 0 Å². The van der Waals surface area contributed by atoms with Gasteiger partial charge < -0.3 is 24.5 Å². The van der Waals surface area contributed by atoms with E-state index in [1.807, 2.05) is 0 Å². The maximum Gasteiger partial charge on any atom is 0.316 e. The monoisotopic (exact) mass is 256 g/mol. The molecule has 1 heterocycles. The number of carbonyl (C=O) groups excluding carboxylic acids is 2. The van der Waals surface area contributed by atoms with Crippen molar-refractivity contribution in [3.05, 3.63) is 0 Å². The molecule has 0 amide bonds. The van der Waals surface area contributed by atoms with Crippen LogP contribution in [0, 0.1) is 11.8 Å². The summed E-state index contributed by atoms with van der Waals surface area (Å²) >= 11 is 0. The van der Waals surface area contributed by atoms with E-state index in [1.165, 1.54) is 0 Å². The third kappa shape index (κ3) is 1.22. The standard InChI is InChI=1S/C8H6F4O5/c9-7(10)1-2(8(7,11)12)4(6(15)16)17-3(1)5(13)14/h1-4H,(H,13,14)(H,15,16)/p-2/t1-,2-,3-,4+/m0/s1. The molecule has 0 radical (unpaired) electrons. The van der Waals surface area contributed by atoms with Crippen molar-refractivity contribution < 1.29 is 42.1 Å².